The number of aromatic nitrogens is 2. The summed E-state index contributed by atoms with van der Waals surface area (Å²) in [4.78, 5) is 4.75. The molecule has 1 aliphatic rings. The van der Waals surface area contributed by atoms with E-state index >= 15 is 0 Å². The summed E-state index contributed by atoms with van der Waals surface area (Å²) in [5.74, 6) is 2.62. The first kappa shape index (κ1) is 13.6. The summed E-state index contributed by atoms with van der Waals surface area (Å²) in [5.41, 5.74) is 8.76. The van der Waals surface area contributed by atoms with E-state index in [1.54, 1.807) is 0 Å². The van der Waals surface area contributed by atoms with E-state index in [4.69, 9.17) is 10.7 Å². The molecule has 108 valence electrons. The molecule has 1 aromatic carbocycles. The zero-order chi connectivity index (χ0) is 14.1. The lowest BCUT2D eigenvalue weighted by Crippen LogP contribution is -2.35. The minimum absolute atomic E-state index is 0.244. The number of fused-ring (bicyclic) bond motifs is 1. The van der Waals surface area contributed by atoms with Crippen molar-refractivity contribution in [2.24, 2.45) is 24.6 Å². The number of nitrogens with zero attached hydrogens (tertiary/aromatic N) is 2. The van der Waals surface area contributed by atoms with Crippen molar-refractivity contribution >= 4 is 11.0 Å². The number of nitrogens with two attached hydrogens (primary N) is 1. The molecule has 0 bridgehead atoms. The highest BCUT2D eigenvalue weighted by molar-refractivity contribution is 5.75. The molecular formula is C17H25N3. The van der Waals surface area contributed by atoms with Crippen LogP contribution in [0, 0.1) is 11.8 Å². The van der Waals surface area contributed by atoms with E-state index in [-0.39, 0.29) is 6.04 Å². The van der Waals surface area contributed by atoms with Crippen LogP contribution in [0.3, 0.4) is 0 Å². The number of hydrogen-bond acceptors (Lipinski definition) is 2. The van der Waals surface area contributed by atoms with Crippen LogP contribution in [0.25, 0.3) is 11.0 Å². The molecule has 1 saturated carbocycles. The highest BCUT2D eigenvalue weighted by atomic mass is 15.1. The Balaban J connectivity index is 1.77. The van der Waals surface area contributed by atoms with Crippen molar-refractivity contribution in [2.75, 3.05) is 0 Å². The molecule has 1 heterocycles. The summed E-state index contributed by atoms with van der Waals surface area (Å²) in [6.07, 6.45) is 6.17. The second kappa shape index (κ2) is 5.57. The molecule has 2 N–H and O–H groups in total. The second-order valence-corrected chi connectivity index (χ2v) is 6.48. The van der Waals surface area contributed by atoms with Crippen LogP contribution in [-0.4, -0.2) is 15.6 Å². The fourth-order valence-electron chi connectivity index (χ4n) is 3.63. The van der Waals surface area contributed by atoms with Crippen LogP contribution in [0.4, 0.5) is 0 Å². The Morgan fingerprint density at radius 1 is 1.35 bits per heavy atom. The van der Waals surface area contributed by atoms with E-state index in [0.29, 0.717) is 5.92 Å². The Bertz CT molecular complexity index is 587. The molecule has 3 unspecified atom stereocenters. The fraction of sp³-hybridized carbons (Fsp3) is 0.588. The van der Waals surface area contributed by atoms with E-state index < -0.39 is 0 Å². The van der Waals surface area contributed by atoms with Crippen molar-refractivity contribution < 1.29 is 0 Å². The Labute approximate surface area is 121 Å². The van der Waals surface area contributed by atoms with Gasteiger partial charge in [0.2, 0.25) is 0 Å². The molecule has 0 amide bonds. The van der Waals surface area contributed by atoms with Crippen LogP contribution in [0.2, 0.25) is 0 Å². The summed E-state index contributed by atoms with van der Waals surface area (Å²) < 4.78 is 2.20. The molecule has 0 spiro atoms. The molecule has 20 heavy (non-hydrogen) atoms. The lowest BCUT2D eigenvalue weighted by Gasteiger charge is -2.31. The predicted octanol–water partition coefficient (Wildman–Crippen LogP) is 3.27. The van der Waals surface area contributed by atoms with Crippen molar-refractivity contribution in [3.05, 3.63) is 30.1 Å². The summed E-state index contributed by atoms with van der Waals surface area (Å²) in [6, 6.07) is 8.55. The van der Waals surface area contributed by atoms with Gasteiger partial charge in [0.15, 0.2) is 0 Å². The van der Waals surface area contributed by atoms with Gasteiger partial charge < -0.3 is 10.3 Å². The van der Waals surface area contributed by atoms with Crippen LogP contribution in [0.15, 0.2) is 24.3 Å². The molecule has 1 aliphatic carbocycles. The lowest BCUT2D eigenvalue weighted by molar-refractivity contribution is 0.243. The van der Waals surface area contributed by atoms with Crippen LogP contribution < -0.4 is 5.73 Å². The zero-order valence-corrected chi connectivity index (χ0v) is 12.5. The van der Waals surface area contributed by atoms with Gasteiger partial charge in [-0.2, -0.15) is 0 Å². The van der Waals surface area contributed by atoms with Gasteiger partial charge in [0.25, 0.3) is 0 Å². The van der Waals surface area contributed by atoms with Crippen molar-refractivity contribution in [3.8, 4) is 0 Å². The molecular weight excluding hydrogens is 246 g/mol. The van der Waals surface area contributed by atoms with Gasteiger partial charge >= 0.3 is 0 Å². The predicted molar refractivity (Wildman–Crippen MR) is 83.5 cm³/mol. The molecule has 0 radical (unpaired) electrons. The molecule has 0 saturated heterocycles. The highest BCUT2D eigenvalue weighted by Gasteiger charge is 2.25. The maximum atomic E-state index is 6.48. The van der Waals surface area contributed by atoms with Gasteiger partial charge in [0.05, 0.1) is 11.0 Å². The number of benzene rings is 1. The third kappa shape index (κ3) is 2.59. The Morgan fingerprint density at radius 3 is 2.90 bits per heavy atom. The molecule has 1 aromatic heterocycles. The number of para-hydroxylation sites is 2. The maximum Gasteiger partial charge on any atom is 0.111 e. The van der Waals surface area contributed by atoms with Gasteiger partial charge in [-0.15, -0.1) is 0 Å². The van der Waals surface area contributed by atoms with Gasteiger partial charge in [-0.05, 0) is 36.8 Å². The normalized spacial score (nSPS) is 24.9. The van der Waals surface area contributed by atoms with Crippen molar-refractivity contribution in [3.63, 3.8) is 0 Å². The average molecular weight is 271 g/mol. The second-order valence-electron chi connectivity index (χ2n) is 6.48. The third-order valence-corrected chi connectivity index (χ3v) is 4.88. The van der Waals surface area contributed by atoms with E-state index in [0.717, 1.165) is 23.7 Å². The maximum absolute atomic E-state index is 6.48. The highest BCUT2D eigenvalue weighted by Crippen LogP contribution is 2.31. The van der Waals surface area contributed by atoms with Crippen LogP contribution in [-0.2, 0) is 13.5 Å². The Kier molecular flexibility index (Phi) is 3.79. The number of imidazole rings is 1. The molecule has 3 rings (SSSR count). The van der Waals surface area contributed by atoms with E-state index in [9.17, 15) is 0 Å². The summed E-state index contributed by atoms with van der Waals surface area (Å²) in [6.45, 7) is 2.36. The lowest BCUT2D eigenvalue weighted by atomic mass is 9.78. The SMILES string of the molecule is CC1CCCC(C(N)Cc2nc3ccccc3n2C)C1. The monoisotopic (exact) mass is 271 g/mol. The summed E-state index contributed by atoms with van der Waals surface area (Å²) in [7, 11) is 2.10. The van der Waals surface area contributed by atoms with Crippen molar-refractivity contribution in [2.45, 2.75) is 45.1 Å². The Hall–Kier alpha value is -1.35. The number of rotatable bonds is 3. The first-order valence-corrected chi connectivity index (χ1v) is 7.81. The molecule has 3 nitrogen and oxygen atoms in total. The van der Waals surface area contributed by atoms with E-state index in [1.165, 1.54) is 31.2 Å². The fourth-order valence-corrected chi connectivity index (χ4v) is 3.63. The Morgan fingerprint density at radius 2 is 2.15 bits per heavy atom. The topological polar surface area (TPSA) is 43.8 Å². The average Bonchev–Trinajstić information content (AvgIpc) is 2.76. The van der Waals surface area contributed by atoms with Gasteiger partial charge in [-0.25, -0.2) is 4.98 Å². The molecule has 1 fully saturated rings. The van der Waals surface area contributed by atoms with Crippen LogP contribution in [0.5, 0.6) is 0 Å². The van der Waals surface area contributed by atoms with Gasteiger partial charge in [0, 0.05) is 19.5 Å². The molecule has 3 atom stereocenters. The van der Waals surface area contributed by atoms with E-state index in [2.05, 4.69) is 36.7 Å². The van der Waals surface area contributed by atoms with E-state index in [1.807, 2.05) is 6.07 Å². The van der Waals surface area contributed by atoms with Crippen molar-refractivity contribution in [1.82, 2.24) is 9.55 Å². The minimum Gasteiger partial charge on any atom is -0.331 e. The first-order chi connectivity index (χ1) is 9.65. The minimum atomic E-state index is 0.244. The number of aryl methyl sites for hydroxylation is 1. The molecule has 2 aromatic rings. The zero-order valence-electron chi connectivity index (χ0n) is 12.5. The number of hydrogen-bond donors (Lipinski definition) is 1. The summed E-state index contributed by atoms with van der Waals surface area (Å²) in [5, 5.41) is 0. The molecule has 3 heteroatoms. The first-order valence-electron chi connectivity index (χ1n) is 7.81. The smallest absolute Gasteiger partial charge is 0.111 e. The van der Waals surface area contributed by atoms with Gasteiger partial charge in [-0.1, -0.05) is 31.9 Å². The van der Waals surface area contributed by atoms with Gasteiger partial charge in [0.1, 0.15) is 5.82 Å². The van der Waals surface area contributed by atoms with Crippen LogP contribution >= 0.6 is 0 Å². The standard InChI is InChI=1S/C17H25N3/c1-12-6-5-7-13(10-12)14(18)11-17-19-15-8-3-4-9-16(15)20(17)2/h3-4,8-9,12-14H,5-7,10-11,18H2,1-2H3. The van der Waals surface area contributed by atoms with Crippen LogP contribution in [0.1, 0.15) is 38.4 Å². The quantitative estimate of drug-likeness (QED) is 0.931. The van der Waals surface area contributed by atoms with Crippen molar-refractivity contribution in [1.29, 1.82) is 0 Å². The largest absolute Gasteiger partial charge is 0.331 e. The van der Waals surface area contributed by atoms with Gasteiger partial charge in [-0.3, -0.25) is 0 Å². The summed E-state index contributed by atoms with van der Waals surface area (Å²) >= 11 is 0. The third-order valence-electron chi connectivity index (χ3n) is 4.88. The molecule has 0 aliphatic heterocycles.